The number of allylic oxidation sites excluding steroid dienone is 16. The molecule has 0 bridgehead atoms. The molecule has 0 amide bonds. The lowest BCUT2D eigenvalue weighted by Crippen LogP contribution is -2.60. The molecule has 1 aliphatic rings. The molecule has 64 heavy (non-hydrogen) atoms. The zero-order valence-electron chi connectivity index (χ0n) is 39.2. The second kappa shape index (κ2) is 41.8. The quantitative estimate of drug-likeness (QED) is 0.0263. The van der Waals surface area contributed by atoms with Crippen LogP contribution in [0.25, 0.3) is 0 Å². The molecule has 1 aliphatic heterocycles. The minimum atomic E-state index is -1.87. The molecule has 11 heteroatoms. The van der Waals surface area contributed by atoms with Crippen molar-refractivity contribution >= 4 is 17.9 Å². The molecule has 1 rings (SSSR count). The number of aliphatic carboxylic acids is 1. The third-order valence-electron chi connectivity index (χ3n) is 10.4. The molecule has 1 heterocycles. The van der Waals surface area contributed by atoms with Gasteiger partial charge in [-0.1, -0.05) is 162 Å². The van der Waals surface area contributed by atoms with Gasteiger partial charge in [0.05, 0.1) is 6.61 Å². The van der Waals surface area contributed by atoms with Crippen LogP contribution in [0.2, 0.25) is 0 Å². The van der Waals surface area contributed by atoms with Gasteiger partial charge in [-0.15, -0.1) is 0 Å². The van der Waals surface area contributed by atoms with E-state index in [0.29, 0.717) is 12.8 Å². The fourth-order valence-corrected chi connectivity index (χ4v) is 6.68. The Labute approximate surface area is 385 Å². The first kappa shape index (κ1) is 58.1. The van der Waals surface area contributed by atoms with Crippen molar-refractivity contribution in [1.82, 2.24) is 0 Å². The number of carboxylic acid groups (broad SMARTS) is 1. The van der Waals surface area contributed by atoms with E-state index in [1.54, 1.807) is 0 Å². The average molecular weight is 897 g/mol. The Kier molecular flexibility index (Phi) is 38.0. The van der Waals surface area contributed by atoms with Crippen LogP contribution in [0.4, 0.5) is 0 Å². The molecular weight excluding hydrogens is 813 g/mol. The summed E-state index contributed by atoms with van der Waals surface area (Å²) in [6, 6.07) is 0. The molecule has 0 aromatic heterocycles. The van der Waals surface area contributed by atoms with Crippen LogP contribution in [0.15, 0.2) is 97.2 Å². The van der Waals surface area contributed by atoms with Crippen LogP contribution in [0.3, 0.4) is 0 Å². The molecule has 6 atom stereocenters. The molecule has 0 aromatic carbocycles. The lowest BCUT2D eigenvalue weighted by molar-refractivity contribution is -0.298. The molecule has 1 saturated heterocycles. The van der Waals surface area contributed by atoms with E-state index < -0.39 is 61.3 Å². The summed E-state index contributed by atoms with van der Waals surface area (Å²) in [6.07, 6.45) is 47.3. The first-order valence-electron chi connectivity index (χ1n) is 24.3. The van der Waals surface area contributed by atoms with E-state index in [0.717, 1.165) is 103 Å². The summed E-state index contributed by atoms with van der Waals surface area (Å²) in [7, 11) is 0. The van der Waals surface area contributed by atoms with Crippen LogP contribution in [0.5, 0.6) is 0 Å². The first-order chi connectivity index (χ1) is 31.2. The Morgan fingerprint density at radius 2 is 0.875 bits per heavy atom. The normalized spacial score (nSPS) is 20.2. The van der Waals surface area contributed by atoms with E-state index >= 15 is 0 Å². The molecule has 11 nitrogen and oxygen atoms in total. The summed E-state index contributed by atoms with van der Waals surface area (Å²) in [4.78, 5) is 36.9. The van der Waals surface area contributed by atoms with Crippen molar-refractivity contribution < 1.29 is 53.8 Å². The Balaban J connectivity index is 2.35. The summed E-state index contributed by atoms with van der Waals surface area (Å²) in [5, 5.41) is 39.9. The highest BCUT2D eigenvalue weighted by Crippen LogP contribution is 2.23. The molecule has 362 valence electrons. The van der Waals surface area contributed by atoms with E-state index in [-0.39, 0.29) is 19.4 Å². The zero-order chi connectivity index (χ0) is 46.7. The van der Waals surface area contributed by atoms with Crippen molar-refractivity contribution in [1.29, 1.82) is 0 Å². The van der Waals surface area contributed by atoms with Gasteiger partial charge in [0.1, 0.15) is 24.9 Å². The van der Waals surface area contributed by atoms with Gasteiger partial charge in [0.2, 0.25) is 0 Å². The number of rotatable bonds is 39. The summed E-state index contributed by atoms with van der Waals surface area (Å²) in [6.45, 7) is 3.56. The molecular formula is C53H84O11. The molecule has 0 radical (unpaired) electrons. The number of hydrogen-bond donors (Lipinski definition) is 4. The maximum atomic E-state index is 12.8. The smallest absolute Gasteiger partial charge is 0.335 e. The highest BCUT2D eigenvalue weighted by atomic mass is 16.7. The molecule has 1 fully saturated rings. The number of esters is 2. The van der Waals surface area contributed by atoms with Gasteiger partial charge >= 0.3 is 17.9 Å². The molecule has 6 unspecified atom stereocenters. The van der Waals surface area contributed by atoms with Crippen molar-refractivity contribution in [2.24, 2.45) is 0 Å². The maximum absolute atomic E-state index is 12.8. The van der Waals surface area contributed by atoms with E-state index in [9.17, 15) is 34.8 Å². The van der Waals surface area contributed by atoms with Crippen LogP contribution < -0.4 is 0 Å². The summed E-state index contributed by atoms with van der Waals surface area (Å²) >= 11 is 0. The van der Waals surface area contributed by atoms with Gasteiger partial charge in [-0.3, -0.25) is 9.59 Å². The SMILES string of the molecule is CC/C=C\C/C=C\C/C=C\C/C=C\CCCCCCCCCCC(=O)OCC(COC1OC(C(=O)O)C(O)C(O)C1O)OC(=O)CCCCCC/C=C\C/C=C\C/C=C\C/C=C\CC. The number of aliphatic hydroxyl groups is 3. The third kappa shape index (κ3) is 32.7. The molecule has 0 spiro atoms. The van der Waals surface area contributed by atoms with Gasteiger partial charge in [-0.05, 0) is 89.9 Å². The predicted molar refractivity (Wildman–Crippen MR) is 256 cm³/mol. The van der Waals surface area contributed by atoms with Gasteiger partial charge in [0.25, 0.3) is 0 Å². The minimum Gasteiger partial charge on any atom is -0.479 e. The molecule has 4 N–H and O–H groups in total. The predicted octanol–water partition coefficient (Wildman–Crippen LogP) is 11.2. The summed E-state index contributed by atoms with van der Waals surface area (Å²) in [5.41, 5.74) is 0. The number of hydrogen-bond acceptors (Lipinski definition) is 10. The minimum absolute atomic E-state index is 0.147. The number of carbonyl (C=O) groups is 3. The molecule has 0 aromatic rings. The number of aliphatic hydroxyl groups excluding tert-OH is 3. The van der Waals surface area contributed by atoms with E-state index in [4.69, 9.17) is 18.9 Å². The zero-order valence-corrected chi connectivity index (χ0v) is 39.2. The van der Waals surface area contributed by atoms with Crippen molar-refractivity contribution in [2.45, 2.75) is 205 Å². The van der Waals surface area contributed by atoms with E-state index in [2.05, 4.69) is 111 Å². The average Bonchev–Trinajstić information content (AvgIpc) is 3.28. The largest absolute Gasteiger partial charge is 0.479 e. The fraction of sp³-hybridized carbons (Fsp3) is 0.642. The van der Waals surface area contributed by atoms with Gasteiger partial charge < -0.3 is 39.4 Å². The van der Waals surface area contributed by atoms with Crippen molar-refractivity contribution in [3.05, 3.63) is 97.2 Å². The van der Waals surface area contributed by atoms with E-state index in [1.807, 2.05) is 0 Å². The number of unbranched alkanes of at least 4 members (excludes halogenated alkanes) is 12. The lowest BCUT2D eigenvalue weighted by Gasteiger charge is -2.38. The highest BCUT2D eigenvalue weighted by molar-refractivity contribution is 5.73. The Morgan fingerprint density at radius 3 is 1.31 bits per heavy atom. The Morgan fingerprint density at radius 1 is 0.484 bits per heavy atom. The monoisotopic (exact) mass is 897 g/mol. The maximum Gasteiger partial charge on any atom is 0.335 e. The van der Waals surface area contributed by atoms with Crippen molar-refractivity contribution in [2.75, 3.05) is 13.2 Å². The van der Waals surface area contributed by atoms with Gasteiger partial charge in [0, 0.05) is 12.8 Å². The van der Waals surface area contributed by atoms with Gasteiger partial charge in [-0.2, -0.15) is 0 Å². The first-order valence-corrected chi connectivity index (χ1v) is 24.3. The van der Waals surface area contributed by atoms with Gasteiger partial charge in [-0.25, -0.2) is 4.79 Å². The van der Waals surface area contributed by atoms with Crippen LogP contribution in [0, 0.1) is 0 Å². The van der Waals surface area contributed by atoms with Gasteiger partial charge in [0.15, 0.2) is 18.5 Å². The summed E-state index contributed by atoms with van der Waals surface area (Å²) < 4.78 is 21.8. The van der Waals surface area contributed by atoms with Crippen molar-refractivity contribution in [3.8, 4) is 0 Å². The molecule has 0 aliphatic carbocycles. The number of ether oxygens (including phenoxy) is 4. The number of carboxylic acids is 1. The highest BCUT2D eigenvalue weighted by Gasteiger charge is 2.47. The summed E-state index contributed by atoms with van der Waals surface area (Å²) in [5.74, 6) is -2.50. The molecule has 0 saturated carbocycles. The second-order valence-electron chi connectivity index (χ2n) is 16.2. The Bertz CT molecular complexity index is 1420. The standard InChI is InChI=1S/C53H84O11/c1-3-5-7-9-11-13-15-17-19-21-22-23-24-26-27-29-31-33-35-37-39-41-46(54)61-43-45(44-62-53-50(58)48(56)49(57)51(64-53)52(59)60)63-47(55)42-40-38-36-34-32-30-28-25-20-18-16-14-12-10-8-6-4-2/h5-8,11-14,17-20,22-23,28,30,45,48-51,53,56-58H,3-4,9-10,15-16,21,24-27,29,31-44H2,1-2H3,(H,59,60)/b7-5-,8-6-,13-11-,14-12-,19-17-,20-18-,23-22-,30-28-. The fourth-order valence-electron chi connectivity index (χ4n) is 6.68. The van der Waals surface area contributed by atoms with Crippen molar-refractivity contribution in [3.63, 3.8) is 0 Å². The van der Waals surface area contributed by atoms with E-state index in [1.165, 1.54) is 25.7 Å². The number of carbonyl (C=O) groups excluding carboxylic acids is 2. The van der Waals surface area contributed by atoms with Crippen LogP contribution in [0.1, 0.15) is 168 Å². The van der Waals surface area contributed by atoms with Crippen LogP contribution in [-0.2, 0) is 33.3 Å². The van der Waals surface area contributed by atoms with Crippen LogP contribution in [-0.4, -0.2) is 88.4 Å². The second-order valence-corrected chi connectivity index (χ2v) is 16.2. The topological polar surface area (TPSA) is 169 Å². The van der Waals surface area contributed by atoms with Crippen LogP contribution >= 0.6 is 0 Å². The lowest BCUT2D eigenvalue weighted by atomic mass is 9.99. The third-order valence-corrected chi connectivity index (χ3v) is 10.4. The Hall–Kier alpha value is -3.87.